The van der Waals surface area contributed by atoms with Gasteiger partial charge in [-0.1, -0.05) is 12.1 Å². The molecule has 4 N–H and O–H groups in total. The molecule has 6 heteroatoms. The zero-order valence-electron chi connectivity index (χ0n) is 12.5. The standard InChI is InChI=1S/C17H16N4OS/c1-11(22)19-14-5-7-15(8-6-14)20-17-21-16(10-23-17)12-3-2-4-13(18)9-12/h2-10H,18H2,1H3,(H,19,22)(H,20,21). The van der Waals surface area contributed by atoms with Gasteiger partial charge in [-0.15, -0.1) is 11.3 Å². The fourth-order valence-electron chi connectivity index (χ4n) is 2.13. The van der Waals surface area contributed by atoms with E-state index in [-0.39, 0.29) is 5.91 Å². The molecule has 0 aliphatic heterocycles. The van der Waals surface area contributed by atoms with Crippen LogP contribution in [0, 0.1) is 0 Å². The molecule has 116 valence electrons. The molecule has 0 unspecified atom stereocenters. The summed E-state index contributed by atoms with van der Waals surface area (Å²) in [5.41, 5.74) is 10.1. The molecule has 0 fully saturated rings. The van der Waals surface area contributed by atoms with Gasteiger partial charge in [0.2, 0.25) is 5.91 Å². The highest BCUT2D eigenvalue weighted by Gasteiger charge is 2.05. The molecule has 0 saturated heterocycles. The van der Waals surface area contributed by atoms with Gasteiger partial charge in [-0.25, -0.2) is 4.98 Å². The first-order chi connectivity index (χ1) is 11.1. The summed E-state index contributed by atoms with van der Waals surface area (Å²) in [5, 5.41) is 8.78. The van der Waals surface area contributed by atoms with Crippen molar-refractivity contribution in [3.63, 3.8) is 0 Å². The first-order valence-corrected chi connectivity index (χ1v) is 7.94. The van der Waals surface area contributed by atoms with Crippen LogP contribution in [0.2, 0.25) is 0 Å². The Morgan fingerprint density at radius 2 is 1.87 bits per heavy atom. The fourth-order valence-corrected chi connectivity index (χ4v) is 2.87. The van der Waals surface area contributed by atoms with E-state index in [4.69, 9.17) is 5.73 Å². The summed E-state index contributed by atoms with van der Waals surface area (Å²) in [4.78, 5) is 15.6. The van der Waals surface area contributed by atoms with Crippen molar-refractivity contribution in [2.24, 2.45) is 0 Å². The van der Waals surface area contributed by atoms with E-state index in [1.54, 1.807) is 0 Å². The third-order valence-corrected chi connectivity index (χ3v) is 3.90. The minimum atomic E-state index is -0.0857. The molecule has 3 rings (SSSR count). The number of carbonyl (C=O) groups is 1. The van der Waals surface area contributed by atoms with E-state index in [0.717, 1.165) is 33.5 Å². The maximum Gasteiger partial charge on any atom is 0.221 e. The van der Waals surface area contributed by atoms with Crippen LogP contribution in [-0.2, 0) is 4.79 Å². The quantitative estimate of drug-likeness (QED) is 0.631. The van der Waals surface area contributed by atoms with E-state index in [2.05, 4.69) is 15.6 Å². The van der Waals surface area contributed by atoms with Gasteiger partial charge in [0.05, 0.1) is 5.69 Å². The van der Waals surface area contributed by atoms with E-state index in [1.165, 1.54) is 18.3 Å². The second kappa shape index (κ2) is 6.50. The Balaban J connectivity index is 1.73. The lowest BCUT2D eigenvalue weighted by molar-refractivity contribution is -0.114. The van der Waals surface area contributed by atoms with Gasteiger partial charge in [0.25, 0.3) is 0 Å². The van der Waals surface area contributed by atoms with Crippen molar-refractivity contribution in [2.75, 3.05) is 16.4 Å². The normalized spacial score (nSPS) is 10.3. The second-order valence-electron chi connectivity index (χ2n) is 5.05. The van der Waals surface area contributed by atoms with Gasteiger partial charge in [0.1, 0.15) is 0 Å². The molecule has 1 heterocycles. The Morgan fingerprint density at radius 1 is 1.13 bits per heavy atom. The van der Waals surface area contributed by atoms with Crippen molar-refractivity contribution in [1.29, 1.82) is 0 Å². The number of rotatable bonds is 4. The number of anilines is 4. The first kappa shape index (κ1) is 15.1. The summed E-state index contributed by atoms with van der Waals surface area (Å²) in [6.45, 7) is 1.49. The lowest BCUT2D eigenvalue weighted by atomic mass is 10.1. The molecule has 0 spiro atoms. The van der Waals surface area contributed by atoms with Crippen molar-refractivity contribution in [2.45, 2.75) is 6.92 Å². The molecule has 1 amide bonds. The number of hydrogen-bond donors (Lipinski definition) is 3. The number of aromatic nitrogens is 1. The van der Waals surface area contributed by atoms with Crippen LogP contribution >= 0.6 is 11.3 Å². The average Bonchev–Trinajstić information content (AvgIpc) is 2.97. The number of thiazole rings is 1. The predicted molar refractivity (Wildman–Crippen MR) is 96.0 cm³/mol. The molecule has 3 aromatic rings. The third-order valence-electron chi connectivity index (χ3n) is 3.14. The van der Waals surface area contributed by atoms with E-state index in [1.807, 2.05) is 53.9 Å². The third kappa shape index (κ3) is 3.87. The van der Waals surface area contributed by atoms with Gasteiger partial charge in [-0.05, 0) is 36.4 Å². The largest absolute Gasteiger partial charge is 0.399 e. The van der Waals surface area contributed by atoms with Crippen LogP contribution in [0.5, 0.6) is 0 Å². The lowest BCUT2D eigenvalue weighted by Crippen LogP contribution is -2.05. The zero-order chi connectivity index (χ0) is 16.2. The Hall–Kier alpha value is -2.86. The number of nitrogens with two attached hydrogens (primary N) is 1. The first-order valence-electron chi connectivity index (χ1n) is 7.06. The van der Waals surface area contributed by atoms with Gasteiger partial charge >= 0.3 is 0 Å². The molecule has 0 aliphatic rings. The molecule has 0 saturated carbocycles. The number of nitrogens with one attached hydrogen (secondary N) is 2. The molecule has 2 aromatic carbocycles. The smallest absolute Gasteiger partial charge is 0.221 e. The summed E-state index contributed by atoms with van der Waals surface area (Å²) in [6, 6.07) is 15.1. The van der Waals surface area contributed by atoms with E-state index < -0.39 is 0 Å². The maximum absolute atomic E-state index is 11.0. The highest BCUT2D eigenvalue weighted by atomic mass is 32.1. The van der Waals surface area contributed by atoms with Gasteiger partial charge in [-0.2, -0.15) is 0 Å². The molecule has 0 atom stereocenters. The lowest BCUT2D eigenvalue weighted by Gasteiger charge is -2.05. The van der Waals surface area contributed by atoms with E-state index in [0.29, 0.717) is 0 Å². The molecule has 5 nitrogen and oxygen atoms in total. The van der Waals surface area contributed by atoms with Crippen LogP contribution in [-0.4, -0.2) is 10.9 Å². The molecular formula is C17H16N4OS. The van der Waals surface area contributed by atoms with Crippen molar-refractivity contribution in [3.05, 3.63) is 53.9 Å². The van der Waals surface area contributed by atoms with Crippen LogP contribution in [0.25, 0.3) is 11.3 Å². The van der Waals surface area contributed by atoms with Gasteiger partial charge < -0.3 is 16.4 Å². The highest BCUT2D eigenvalue weighted by molar-refractivity contribution is 7.14. The number of benzene rings is 2. The fraction of sp³-hybridized carbons (Fsp3) is 0.0588. The summed E-state index contributed by atoms with van der Waals surface area (Å²) < 4.78 is 0. The SMILES string of the molecule is CC(=O)Nc1ccc(Nc2nc(-c3cccc(N)c3)cs2)cc1. The number of hydrogen-bond acceptors (Lipinski definition) is 5. The Kier molecular flexibility index (Phi) is 4.25. The second-order valence-corrected chi connectivity index (χ2v) is 5.91. The molecule has 1 aromatic heterocycles. The molecule has 0 bridgehead atoms. The van der Waals surface area contributed by atoms with E-state index in [9.17, 15) is 4.79 Å². The maximum atomic E-state index is 11.0. The summed E-state index contributed by atoms with van der Waals surface area (Å²) in [6.07, 6.45) is 0. The number of nitrogen functional groups attached to an aromatic ring is 1. The van der Waals surface area contributed by atoms with Gasteiger partial charge in [-0.3, -0.25) is 4.79 Å². The van der Waals surface area contributed by atoms with Gasteiger partial charge in [0, 0.05) is 34.9 Å². The minimum absolute atomic E-state index is 0.0857. The summed E-state index contributed by atoms with van der Waals surface area (Å²) in [7, 11) is 0. The molecule has 0 aliphatic carbocycles. The monoisotopic (exact) mass is 324 g/mol. The molecular weight excluding hydrogens is 308 g/mol. The Morgan fingerprint density at radius 3 is 2.57 bits per heavy atom. The average molecular weight is 324 g/mol. The van der Waals surface area contributed by atoms with Crippen LogP contribution in [0.1, 0.15) is 6.92 Å². The molecule has 23 heavy (non-hydrogen) atoms. The predicted octanol–water partition coefficient (Wildman–Crippen LogP) is 4.09. The van der Waals surface area contributed by atoms with Crippen molar-refractivity contribution >= 4 is 39.4 Å². The van der Waals surface area contributed by atoms with Crippen molar-refractivity contribution in [1.82, 2.24) is 4.98 Å². The Labute approximate surface area is 138 Å². The number of nitrogens with zero attached hydrogens (tertiary/aromatic N) is 1. The topological polar surface area (TPSA) is 80.0 Å². The van der Waals surface area contributed by atoms with Gasteiger partial charge in [0.15, 0.2) is 5.13 Å². The minimum Gasteiger partial charge on any atom is -0.399 e. The van der Waals surface area contributed by atoms with E-state index >= 15 is 0 Å². The summed E-state index contributed by atoms with van der Waals surface area (Å²) in [5.74, 6) is -0.0857. The van der Waals surface area contributed by atoms with Crippen molar-refractivity contribution < 1.29 is 4.79 Å². The zero-order valence-corrected chi connectivity index (χ0v) is 13.4. The molecule has 0 radical (unpaired) electrons. The highest BCUT2D eigenvalue weighted by Crippen LogP contribution is 2.28. The van der Waals surface area contributed by atoms with Crippen LogP contribution < -0.4 is 16.4 Å². The van der Waals surface area contributed by atoms with Crippen molar-refractivity contribution in [3.8, 4) is 11.3 Å². The number of amides is 1. The summed E-state index contributed by atoms with van der Waals surface area (Å²) >= 11 is 1.53. The number of carbonyl (C=O) groups excluding carboxylic acids is 1. The Bertz CT molecular complexity index is 827. The van der Waals surface area contributed by atoms with Crippen LogP contribution in [0.3, 0.4) is 0 Å². The van der Waals surface area contributed by atoms with Crippen LogP contribution in [0.4, 0.5) is 22.2 Å². The van der Waals surface area contributed by atoms with Crippen LogP contribution in [0.15, 0.2) is 53.9 Å².